The molecule has 5 heteroatoms. The first kappa shape index (κ1) is 14.8. The summed E-state index contributed by atoms with van der Waals surface area (Å²) in [6, 6.07) is 21.6. The number of anilines is 1. The minimum Gasteiger partial charge on any atom is -0.338 e. The predicted molar refractivity (Wildman–Crippen MR) is 88.8 cm³/mol. The molecule has 0 aromatic heterocycles. The second-order valence-electron chi connectivity index (χ2n) is 5.20. The molecule has 0 saturated carbocycles. The van der Waals surface area contributed by atoms with E-state index in [0.29, 0.717) is 12.1 Å². The molecule has 1 amide bonds. The number of amides is 1. The van der Waals surface area contributed by atoms with E-state index in [1.165, 1.54) is 0 Å². The fourth-order valence-electron chi connectivity index (χ4n) is 2.62. The van der Waals surface area contributed by atoms with Crippen LogP contribution in [0.15, 0.2) is 65.8 Å². The van der Waals surface area contributed by atoms with Crippen LogP contribution in [0.1, 0.15) is 18.0 Å². The lowest BCUT2D eigenvalue weighted by atomic mass is 10.0. The zero-order chi connectivity index (χ0) is 16.1. The highest BCUT2D eigenvalue weighted by atomic mass is 16.2. The molecule has 1 aliphatic rings. The van der Waals surface area contributed by atoms with Gasteiger partial charge in [0.25, 0.3) is 5.91 Å². The Balaban J connectivity index is 1.91. The van der Waals surface area contributed by atoms with Crippen LogP contribution in [0.25, 0.3) is 0 Å². The molecule has 23 heavy (non-hydrogen) atoms. The molecule has 0 aliphatic carbocycles. The van der Waals surface area contributed by atoms with Gasteiger partial charge >= 0.3 is 0 Å². The second-order valence-corrected chi connectivity index (χ2v) is 5.20. The Hall–Kier alpha value is -3.13. The number of hydrogen-bond donors (Lipinski definition) is 1. The number of rotatable bonds is 4. The molecule has 0 bridgehead atoms. The highest BCUT2D eigenvalue weighted by Crippen LogP contribution is 2.34. The van der Waals surface area contributed by atoms with Crippen LogP contribution in [0.3, 0.4) is 0 Å². The molecule has 0 saturated heterocycles. The summed E-state index contributed by atoms with van der Waals surface area (Å²) in [4.78, 5) is 12.1. The maximum absolute atomic E-state index is 12.1. The van der Waals surface area contributed by atoms with Crippen molar-refractivity contribution in [2.75, 3.05) is 11.6 Å². The van der Waals surface area contributed by atoms with Crippen LogP contribution in [0, 0.1) is 11.3 Å². The molecular weight excluding hydrogens is 288 g/mol. The van der Waals surface area contributed by atoms with Gasteiger partial charge in [0.1, 0.15) is 12.3 Å². The molecule has 2 aromatic carbocycles. The first-order chi connectivity index (χ1) is 11.3. The Labute approximate surface area is 134 Å². The Kier molecular flexibility index (Phi) is 4.34. The quantitative estimate of drug-likeness (QED) is 0.883. The smallest absolute Gasteiger partial charge is 0.268 e. The van der Waals surface area contributed by atoms with Crippen molar-refractivity contribution in [2.24, 2.45) is 5.10 Å². The molecular formula is C18H16N4O. The van der Waals surface area contributed by atoms with Crippen molar-refractivity contribution in [1.82, 2.24) is 5.32 Å². The van der Waals surface area contributed by atoms with Crippen molar-refractivity contribution in [3.63, 3.8) is 0 Å². The van der Waals surface area contributed by atoms with E-state index in [9.17, 15) is 4.79 Å². The van der Waals surface area contributed by atoms with E-state index < -0.39 is 0 Å². The fraction of sp³-hybridized carbons (Fsp3) is 0.167. The molecule has 0 unspecified atom stereocenters. The maximum atomic E-state index is 12.1. The average Bonchev–Trinajstić information content (AvgIpc) is 3.06. The van der Waals surface area contributed by atoms with Gasteiger partial charge in [-0.05, 0) is 17.7 Å². The van der Waals surface area contributed by atoms with Crippen molar-refractivity contribution in [3.05, 3.63) is 66.2 Å². The minimum absolute atomic E-state index is 0.0147. The number of carbonyl (C=O) groups excluding carboxylic acids is 1. The lowest BCUT2D eigenvalue weighted by Gasteiger charge is -2.23. The Morgan fingerprint density at radius 3 is 2.48 bits per heavy atom. The van der Waals surface area contributed by atoms with E-state index >= 15 is 0 Å². The Morgan fingerprint density at radius 1 is 1.17 bits per heavy atom. The van der Waals surface area contributed by atoms with Gasteiger partial charge in [0.05, 0.1) is 17.8 Å². The molecule has 0 fully saturated rings. The summed E-state index contributed by atoms with van der Waals surface area (Å²) in [6.07, 6.45) is 0.510. The lowest BCUT2D eigenvalue weighted by Crippen LogP contribution is -2.30. The van der Waals surface area contributed by atoms with Gasteiger partial charge in [0.2, 0.25) is 0 Å². The summed E-state index contributed by atoms with van der Waals surface area (Å²) in [7, 11) is 0. The number of nitrogens with zero attached hydrogens (tertiary/aromatic N) is 3. The van der Waals surface area contributed by atoms with Crippen molar-refractivity contribution < 1.29 is 4.79 Å². The monoisotopic (exact) mass is 304 g/mol. The molecule has 1 N–H and O–H groups in total. The van der Waals surface area contributed by atoms with Gasteiger partial charge in [-0.3, -0.25) is 9.80 Å². The summed E-state index contributed by atoms with van der Waals surface area (Å²) in [6.45, 7) is -0.0147. The standard InChI is InChI=1S/C18H16N4O/c19-11-12-20-18(23)16-13-17(14-7-3-1-4-8-14)22(21-16)15-9-5-2-6-10-15/h1-10,17H,12-13H2,(H,20,23)/t17-/m1/s1. The molecule has 3 rings (SSSR count). The zero-order valence-electron chi connectivity index (χ0n) is 12.5. The number of carbonyl (C=O) groups is 1. The Bertz CT molecular complexity index is 750. The highest BCUT2D eigenvalue weighted by molar-refractivity contribution is 6.39. The number of nitrogens with one attached hydrogen (secondary N) is 1. The van der Waals surface area contributed by atoms with Gasteiger partial charge in [0, 0.05) is 6.42 Å². The third-order valence-corrected chi connectivity index (χ3v) is 3.71. The first-order valence-corrected chi connectivity index (χ1v) is 7.41. The Morgan fingerprint density at radius 2 is 1.83 bits per heavy atom. The van der Waals surface area contributed by atoms with E-state index in [2.05, 4.69) is 10.4 Å². The van der Waals surface area contributed by atoms with Crippen LogP contribution in [0.5, 0.6) is 0 Å². The van der Waals surface area contributed by atoms with Crippen molar-refractivity contribution >= 4 is 17.3 Å². The summed E-state index contributed by atoms with van der Waals surface area (Å²) >= 11 is 0. The van der Waals surface area contributed by atoms with Crippen LogP contribution in [0.2, 0.25) is 0 Å². The molecule has 5 nitrogen and oxygen atoms in total. The van der Waals surface area contributed by atoms with Crippen LogP contribution >= 0.6 is 0 Å². The van der Waals surface area contributed by atoms with Gasteiger partial charge in [0.15, 0.2) is 0 Å². The largest absolute Gasteiger partial charge is 0.338 e. The van der Waals surface area contributed by atoms with E-state index in [0.717, 1.165) is 11.3 Å². The number of benzene rings is 2. The van der Waals surface area contributed by atoms with Crippen molar-refractivity contribution in [3.8, 4) is 6.07 Å². The van der Waals surface area contributed by atoms with E-state index in [1.807, 2.05) is 71.7 Å². The van der Waals surface area contributed by atoms with E-state index in [4.69, 9.17) is 5.26 Å². The van der Waals surface area contributed by atoms with Gasteiger partial charge in [-0.2, -0.15) is 10.4 Å². The number of hydrogen-bond acceptors (Lipinski definition) is 4. The molecule has 0 radical (unpaired) electrons. The SMILES string of the molecule is N#CCNC(=O)C1=NN(c2ccccc2)[C@@H](c2ccccc2)C1. The average molecular weight is 304 g/mol. The molecule has 1 heterocycles. The van der Waals surface area contributed by atoms with E-state index in [-0.39, 0.29) is 18.5 Å². The molecule has 114 valence electrons. The minimum atomic E-state index is -0.286. The first-order valence-electron chi connectivity index (χ1n) is 7.41. The van der Waals surface area contributed by atoms with Crippen molar-refractivity contribution in [2.45, 2.75) is 12.5 Å². The summed E-state index contributed by atoms with van der Waals surface area (Å²) in [5, 5.41) is 17.5. The predicted octanol–water partition coefficient (Wildman–Crippen LogP) is 2.63. The summed E-state index contributed by atoms with van der Waals surface area (Å²) in [5.74, 6) is -0.286. The van der Waals surface area contributed by atoms with Crippen LogP contribution in [-0.4, -0.2) is 18.2 Å². The summed E-state index contributed by atoms with van der Waals surface area (Å²) in [5.41, 5.74) is 2.48. The molecule has 1 atom stereocenters. The van der Waals surface area contributed by atoms with Gasteiger partial charge in [-0.15, -0.1) is 0 Å². The van der Waals surface area contributed by atoms with Crippen LogP contribution < -0.4 is 10.3 Å². The molecule has 0 spiro atoms. The molecule has 2 aromatic rings. The normalized spacial score (nSPS) is 16.6. The van der Waals surface area contributed by atoms with Gasteiger partial charge < -0.3 is 5.32 Å². The maximum Gasteiger partial charge on any atom is 0.268 e. The third-order valence-electron chi connectivity index (χ3n) is 3.71. The van der Waals surface area contributed by atoms with E-state index in [1.54, 1.807) is 0 Å². The highest BCUT2D eigenvalue weighted by Gasteiger charge is 2.32. The third kappa shape index (κ3) is 3.22. The van der Waals surface area contributed by atoms with Crippen LogP contribution in [-0.2, 0) is 4.79 Å². The number of hydrazone groups is 1. The fourth-order valence-corrected chi connectivity index (χ4v) is 2.62. The summed E-state index contributed by atoms with van der Waals surface area (Å²) < 4.78 is 0. The van der Waals surface area contributed by atoms with Crippen molar-refractivity contribution in [1.29, 1.82) is 5.26 Å². The van der Waals surface area contributed by atoms with Crippen LogP contribution in [0.4, 0.5) is 5.69 Å². The molecule has 1 aliphatic heterocycles. The number of para-hydroxylation sites is 1. The van der Waals surface area contributed by atoms with Gasteiger partial charge in [-0.25, -0.2) is 0 Å². The lowest BCUT2D eigenvalue weighted by molar-refractivity contribution is -0.114. The zero-order valence-corrected chi connectivity index (χ0v) is 12.5. The topological polar surface area (TPSA) is 68.5 Å². The second kappa shape index (κ2) is 6.75. The number of nitriles is 1. The van der Waals surface area contributed by atoms with Gasteiger partial charge in [-0.1, -0.05) is 48.5 Å².